The Kier molecular flexibility index (Phi) is 6.71. The fraction of sp³-hybridized carbons (Fsp3) is 0.885. The third-order valence-corrected chi connectivity index (χ3v) is 14.9. The van der Waals surface area contributed by atoms with Crippen molar-refractivity contribution >= 4 is 26.0 Å². The van der Waals surface area contributed by atoms with Crippen molar-refractivity contribution in [2.45, 2.75) is 107 Å². The predicted octanol–water partition coefficient (Wildman–Crippen LogP) is 2.47. The summed E-state index contributed by atoms with van der Waals surface area (Å²) in [6.07, 6.45) is 3.14. The second-order valence-electron chi connectivity index (χ2n) is 12.7. The van der Waals surface area contributed by atoms with E-state index in [-0.39, 0.29) is 30.0 Å². The molecule has 0 aromatic rings. The van der Waals surface area contributed by atoms with Gasteiger partial charge in [-0.1, -0.05) is 0 Å². The predicted molar refractivity (Wildman–Crippen MR) is 137 cm³/mol. The van der Waals surface area contributed by atoms with Crippen LogP contribution < -0.4 is 0 Å². The van der Waals surface area contributed by atoms with Crippen molar-refractivity contribution in [2.75, 3.05) is 4.43 Å². The Morgan fingerprint density at radius 2 is 1.71 bits per heavy atom. The number of halogens is 1. The van der Waals surface area contributed by atoms with Crippen molar-refractivity contribution in [1.82, 2.24) is 0 Å². The molecule has 6 N–H and O–H groups in total. The van der Waals surface area contributed by atoms with Gasteiger partial charge in [-0.25, -0.2) is 0 Å². The van der Waals surface area contributed by atoms with Crippen LogP contribution in [0.5, 0.6) is 0 Å². The molecule has 9 atom stereocenters. The number of alkyl halides is 2. The van der Waals surface area contributed by atoms with Crippen LogP contribution in [0.4, 0.5) is 0 Å². The number of carbonyl (C=O) groups excluding carboxylic acids is 1. The summed E-state index contributed by atoms with van der Waals surface area (Å²) in [6.45, 7) is 9.11. The average Bonchev–Trinajstić information content (AvgIpc) is 3.00. The summed E-state index contributed by atoms with van der Waals surface area (Å²) in [6, 6.07) is 0. The maximum atomic E-state index is 13.3. The Morgan fingerprint density at radius 1 is 1.06 bits per heavy atom. The van der Waals surface area contributed by atoms with Crippen LogP contribution in [0.1, 0.15) is 79.6 Å². The number of carbonyl (C=O) groups is 1. The van der Waals surface area contributed by atoms with Gasteiger partial charge in [-0.15, -0.1) is 0 Å². The molecule has 0 aromatic carbocycles. The van der Waals surface area contributed by atoms with Crippen molar-refractivity contribution < 1.29 is 33.8 Å². The standard InChI is InChI=1S/C26H43IO7/c1-22(2,31)10-11-27(34)25(5,32)21-7-9-26(33)16-12-18(28)17-13-19(29)20(30)14-23(17,3)15(16)6-8-24(21,26)4/h12,15,17,19-21,29-34H,6-11,13-14H2,1-5H3/t15?,17?,19?,20?,21?,23?,24?,25-,26?/m1/s1. The van der Waals surface area contributed by atoms with Crippen LogP contribution in [0.3, 0.4) is 0 Å². The molecule has 8 unspecified atom stereocenters. The maximum absolute atomic E-state index is 13.3. The number of aliphatic hydroxyl groups is 5. The molecule has 0 bridgehead atoms. The van der Waals surface area contributed by atoms with Gasteiger partial charge in [0.05, 0.1) is 0 Å². The minimum absolute atomic E-state index is 0.0713. The zero-order valence-electron chi connectivity index (χ0n) is 21.1. The van der Waals surface area contributed by atoms with E-state index in [1.165, 1.54) is 0 Å². The summed E-state index contributed by atoms with van der Waals surface area (Å²) in [5, 5.41) is 54.6. The number of hydrogen-bond donors (Lipinski definition) is 6. The second-order valence-corrected chi connectivity index (χ2v) is 17.9. The van der Waals surface area contributed by atoms with Gasteiger partial charge < -0.3 is 0 Å². The molecule has 3 saturated carbocycles. The van der Waals surface area contributed by atoms with Crippen molar-refractivity contribution in [3.05, 3.63) is 11.6 Å². The van der Waals surface area contributed by atoms with E-state index in [0.29, 0.717) is 36.5 Å². The van der Waals surface area contributed by atoms with E-state index < -0.39 is 58.1 Å². The van der Waals surface area contributed by atoms with Gasteiger partial charge >= 0.3 is 211 Å². The van der Waals surface area contributed by atoms with Crippen LogP contribution in [0.25, 0.3) is 0 Å². The summed E-state index contributed by atoms with van der Waals surface area (Å²) < 4.78 is 10.2. The number of rotatable bonds is 5. The third-order valence-electron chi connectivity index (χ3n) is 10.1. The number of ketones is 1. The Bertz CT molecular complexity index is 866. The number of fused-ring (bicyclic) bond motifs is 5. The molecule has 34 heavy (non-hydrogen) atoms. The minimum atomic E-state index is -2.88. The van der Waals surface area contributed by atoms with Crippen LogP contribution in [-0.4, -0.2) is 66.2 Å². The summed E-state index contributed by atoms with van der Waals surface area (Å²) in [5.41, 5.74) is -2.67. The van der Waals surface area contributed by atoms with E-state index in [4.69, 9.17) is 0 Å². The van der Waals surface area contributed by atoms with Gasteiger partial charge in [-0.05, 0) is 0 Å². The van der Waals surface area contributed by atoms with E-state index >= 15 is 0 Å². The number of allylic oxidation sites excluding steroid dienone is 1. The normalized spacial score (nSPS) is 46.7. The quantitative estimate of drug-likeness (QED) is 0.213. The molecule has 196 valence electrons. The van der Waals surface area contributed by atoms with Gasteiger partial charge in [0.2, 0.25) is 0 Å². The van der Waals surface area contributed by atoms with Gasteiger partial charge in [0.15, 0.2) is 0 Å². The summed E-state index contributed by atoms with van der Waals surface area (Å²) in [5.74, 6) is -0.848. The zero-order valence-corrected chi connectivity index (χ0v) is 23.2. The Morgan fingerprint density at radius 3 is 2.32 bits per heavy atom. The molecule has 0 radical (unpaired) electrons. The molecule has 0 heterocycles. The first kappa shape index (κ1) is 26.9. The Hall–Kier alpha value is -0.100. The average molecular weight is 595 g/mol. The molecule has 4 aliphatic carbocycles. The van der Waals surface area contributed by atoms with Crippen LogP contribution in [0, 0.1) is 28.6 Å². The topological polar surface area (TPSA) is 138 Å². The van der Waals surface area contributed by atoms with E-state index in [1.807, 2.05) is 13.8 Å². The van der Waals surface area contributed by atoms with Crippen LogP contribution in [0.2, 0.25) is 0 Å². The Balaban J connectivity index is 1.66. The first-order valence-corrected chi connectivity index (χ1v) is 16.2. The van der Waals surface area contributed by atoms with Crippen molar-refractivity contribution in [3.63, 3.8) is 0 Å². The molecule has 4 rings (SSSR count). The van der Waals surface area contributed by atoms with E-state index in [9.17, 15) is 33.8 Å². The molecule has 0 saturated heterocycles. The molecule has 7 nitrogen and oxygen atoms in total. The molecular weight excluding hydrogens is 551 g/mol. The summed E-state index contributed by atoms with van der Waals surface area (Å²) in [7, 11) is 0. The molecule has 0 aromatic heterocycles. The van der Waals surface area contributed by atoms with Gasteiger partial charge in [0.1, 0.15) is 0 Å². The van der Waals surface area contributed by atoms with Crippen molar-refractivity contribution in [1.29, 1.82) is 0 Å². The second kappa shape index (κ2) is 8.46. The Labute approximate surface area is 210 Å². The molecule has 8 heteroatoms. The molecule has 0 spiro atoms. The SMILES string of the molecule is CC(C)(O)CCI(O)[C@](C)(O)C1CCC2(O)C3=CC(=O)C4CC(O)C(O)CC4(C)C3CCC12C. The first-order valence-electron chi connectivity index (χ1n) is 12.6. The van der Waals surface area contributed by atoms with Gasteiger partial charge in [0, 0.05) is 0 Å². The molecule has 4 aliphatic rings. The van der Waals surface area contributed by atoms with E-state index in [0.717, 1.165) is 12.0 Å². The monoisotopic (exact) mass is 594 g/mol. The summed E-state index contributed by atoms with van der Waals surface area (Å²) >= 11 is -2.88. The molecule has 0 aliphatic heterocycles. The van der Waals surface area contributed by atoms with E-state index in [2.05, 4.69) is 0 Å². The fourth-order valence-corrected chi connectivity index (χ4v) is 12.7. The van der Waals surface area contributed by atoms with Gasteiger partial charge in [0.25, 0.3) is 0 Å². The molecule has 0 amide bonds. The van der Waals surface area contributed by atoms with Crippen molar-refractivity contribution in [2.24, 2.45) is 28.6 Å². The zero-order chi connectivity index (χ0) is 25.5. The number of hydrogen-bond acceptors (Lipinski definition) is 7. The molecule has 3 fully saturated rings. The van der Waals surface area contributed by atoms with Crippen LogP contribution in [-0.2, 0) is 4.79 Å². The molecular formula is C26H43IO7. The van der Waals surface area contributed by atoms with Crippen LogP contribution >= 0.6 is 20.2 Å². The fourth-order valence-electron chi connectivity index (χ4n) is 7.88. The van der Waals surface area contributed by atoms with Gasteiger partial charge in [-0.2, -0.15) is 0 Å². The first-order chi connectivity index (χ1) is 15.5. The van der Waals surface area contributed by atoms with Gasteiger partial charge in [-0.3, -0.25) is 0 Å². The van der Waals surface area contributed by atoms with E-state index in [1.54, 1.807) is 26.8 Å². The summed E-state index contributed by atoms with van der Waals surface area (Å²) in [4.78, 5) is 13.3. The third kappa shape index (κ3) is 3.94. The number of aliphatic hydroxyl groups excluding tert-OH is 2. The van der Waals surface area contributed by atoms with Crippen LogP contribution in [0.15, 0.2) is 11.6 Å². The van der Waals surface area contributed by atoms with Crippen molar-refractivity contribution in [3.8, 4) is 0 Å².